The topological polar surface area (TPSA) is 89.6 Å². The smallest absolute Gasteiger partial charge is 0.261 e. The van der Waals surface area contributed by atoms with E-state index in [2.05, 4.69) is 4.99 Å². The van der Waals surface area contributed by atoms with Gasteiger partial charge in [-0.1, -0.05) is 0 Å². The van der Waals surface area contributed by atoms with Crippen LogP contribution in [0.25, 0.3) is 0 Å². The predicted octanol–water partition coefficient (Wildman–Crippen LogP) is -1.19. The van der Waals surface area contributed by atoms with E-state index in [4.69, 9.17) is 5.73 Å². The Bertz CT molecular complexity index is 339. The standard InChI is InChI=1S/C5H6N2O3S/c6-5(8)4-3-7-1-2-11(4,9)10/h1,3H,2H2,(H2,6,8). The Morgan fingerprint density at radius 3 is 2.64 bits per heavy atom. The summed E-state index contributed by atoms with van der Waals surface area (Å²) >= 11 is 0. The molecule has 0 fully saturated rings. The van der Waals surface area contributed by atoms with Gasteiger partial charge in [0, 0.05) is 6.21 Å². The summed E-state index contributed by atoms with van der Waals surface area (Å²) in [5.74, 6) is -1.20. The molecule has 6 heteroatoms. The van der Waals surface area contributed by atoms with Crippen LogP contribution in [0.4, 0.5) is 0 Å². The normalized spacial score (nSPS) is 20.9. The van der Waals surface area contributed by atoms with Gasteiger partial charge in [0.2, 0.25) is 0 Å². The van der Waals surface area contributed by atoms with Gasteiger partial charge in [-0.05, 0) is 0 Å². The van der Waals surface area contributed by atoms with E-state index in [9.17, 15) is 13.2 Å². The minimum Gasteiger partial charge on any atom is -0.365 e. The van der Waals surface area contributed by atoms with Crippen molar-refractivity contribution >= 4 is 22.0 Å². The van der Waals surface area contributed by atoms with Crippen LogP contribution in [0, 0.1) is 0 Å². The van der Waals surface area contributed by atoms with Crippen LogP contribution in [0.5, 0.6) is 0 Å². The van der Waals surface area contributed by atoms with Crippen molar-refractivity contribution in [2.75, 3.05) is 5.75 Å². The SMILES string of the molecule is NC(=O)C1=CN=CCS1(=O)=O. The molecule has 1 rings (SSSR count). The number of nitrogens with two attached hydrogens (primary N) is 1. The second kappa shape index (κ2) is 2.46. The maximum absolute atomic E-state index is 11.0. The third-order valence-electron chi connectivity index (χ3n) is 1.17. The molecule has 0 atom stereocenters. The summed E-state index contributed by atoms with van der Waals surface area (Å²) in [6.45, 7) is 0. The van der Waals surface area contributed by atoms with Crippen molar-refractivity contribution in [3.8, 4) is 0 Å². The van der Waals surface area contributed by atoms with Crippen LogP contribution in [0.1, 0.15) is 0 Å². The van der Waals surface area contributed by atoms with E-state index in [1.165, 1.54) is 6.21 Å². The first-order chi connectivity index (χ1) is 5.04. The molecule has 0 aliphatic carbocycles. The second-order valence-electron chi connectivity index (χ2n) is 1.97. The van der Waals surface area contributed by atoms with Gasteiger partial charge in [-0.2, -0.15) is 0 Å². The molecule has 2 N–H and O–H groups in total. The van der Waals surface area contributed by atoms with E-state index < -0.39 is 20.6 Å². The van der Waals surface area contributed by atoms with Crippen molar-refractivity contribution in [1.29, 1.82) is 0 Å². The first-order valence-corrected chi connectivity index (χ1v) is 4.43. The lowest BCUT2D eigenvalue weighted by Crippen LogP contribution is -2.24. The molecule has 0 aromatic heterocycles. The first-order valence-electron chi connectivity index (χ1n) is 2.78. The number of carbonyl (C=O) groups is 1. The zero-order valence-corrected chi connectivity index (χ0v) is 6.34. The Morgan fingerprint density at radius 1 is 1.64 bits per heavy atom. The van der Waals surface area contributed by atoms with Crippen LogP contribution < -0.4 is 5.73 Å². The van der Waals surface area contributed by atoms with E-state index in [-0.39, 0.29) is 5.75 Å². The fourth-order valence-electron chi connectivity index (χ4n) is 0.649. The summed E-state index contributed by atoms with van der Waals surface area (Å²) in [6.07, 6.45) is 2.17. The number of nitrogens with zero attached hydrogens (tertiary/aromatic N) is 1. The average Bonchev–Trinajstić information content (AvgIpc) is 1.85. The zero-order valence-electron chi connectivity index (χ0n) is 5.52. The Kier molecular flexibility index (Phi) is 1.77. The van der Waals surface area contributed by atoms with Crippen molar-refractivity contribution in [2.45, 2.75) is 0 Å². The maximum atomic E-state index is 11.0. The monoisotopic (exact) mass is 174 g/mol. The van der Waals surface area contributed by atoms with Crippen LogP contribution in [-0.4, -0.2) is 26.3 Å². The van der Waals surface area contributed by atoms with Crippen molar-refractivity contribution in [3.05, 3.63) is 11.1 Å². The molecule has 0 unspecified atom stereocenters. The number of carbonyl (C=O) groups excluding carboxylic acids is 1. The highest BCUT2D eigenvalue weighted by atomic mass is 32.2. The molecule has 11 heavy (non-hydrogen) atoms. The van der Waals surface area contributed by atoms with E-state index in [0.29, 0.717) is 0 Å². The van der Waals surface area contributed by atoms with Crippen LogP contribution in [0.2, 0.25) is 0 Å². The fourth-order valence-corrected chi connectivity index (χ4v) is 1.64. The molecular formula is C5H6N2O3S. The molecule has 1 aliphatic heterocycles. The molecule has 0 aromatic rings. The largest absolute Gasteiger partial charge is 0.365 e. The van der Waals surface area contributed by atoms with E-state index in [1.54, 1.807) is 0 Å². The quantitative estimate of drug-likeness (QED) is 0.542. The van der Waals surface area contributed by atoms with Gasteiger partial charge >= 0.3 is 0 Å². The summed E-state index contributed by atoms with van der Waals surface area (Å²) in [5, 5.41) is 0. The highest BCUT2D eigenvalue weighted by molar-refractivity contribution is 7.96. The predicted molar refractivity (Wildman–Crippen MR) is 39.6 cm³/mol. The van der Waals surface area contributed by atoms with Gasteiger partial charge in [0.05, 0.1) is 12.0 Å². The van der Waals surface area contributed by atoms with Crippen LogP contribution in [0.15, 0.2) is 16.1 Å². The van der Waals surface area contributed by atoms with E-state index >= 15 is 0 Å². The van der Waals surface area contributed by atoms with Gasteiger partial charge in [-0.25, -0.2) is 8.42 Å². The number of aliphatic imine (C=N–C) groups is 1. The third kappa shape index (κ3) is 1.45. The van der Waals surface area contributed by atoms with Crippen molar-refractivity contribution in [3.63, 3.8) is 0 Å². The first kappa shape index (κ1) is 7.93. The summed E-state index contributed by atoms with van der Waals surface area (Å²) < 4.78 is 21.9. The lowest BCUT2D eigenvalue weighted by Gasteiger charge is -2.04. The average molecular weight is 174 g/mol. The van der Waals surface area contributed by atoms with Gasteiger partial charge in [0.1, 0.15) is 4.91 Å². The Hall–Kier alpha value is -1.17. The van der Waals surface area contributed by atoms with Crippen molar-refractivity contribution < 1.29 is 13.2 Å². The number of amides is 1. The number of hydrogen-bond acceptors (Lipinski definition) is 4. The van der Waals surface area contributed by atoms with E-state index in [0.717, 1.165) is 6.20 Å². The minimum absolute atomic E-state index is 0.248. The lowest BCUT2D eigenvalue weighted by atomic mass is 10.6. The molecule has 5 nitrogen and oxygen atoms in total. The molecular weight excluding hydrogens is 168 g/mol. The summed E-state index contributed by atoms with van der Waals surface area (Å²) in [5.41, 5.74) is 4.78. The molecule has 0 aromatic carbocycles. The Morgan fingerprint density at radius 2 is 2.27 bits per heavy atom. The van der Waals surface area contributed by atoms with Gasteiger partial charge in [0.25, 0.3) is 5.91 Å². The summed E-state index contributed by atoms with van der Waals surface area (Å²) in [6, 6.07) is 0. The molecule has 1 heterocycles. The Labute approximate surface area is 63.5 Å². The van der Waals surface area contributed by atoms with Crippen molar-refractivity contribution in [2.24, 2.45) is 10.7 Å². The zero-order chi connectivity index (χ0) is 8.48. The number of rotatable bonds is 1. The van der Waals surface area contributed by atoms with Gasteiger partial charge < -0.3 is 5.73 Å². The molecule has 0 saturated heterocycles. The highest BCUT2D eigenvalue weighted by Crippen LogP contribution is 2.09. The number of sulfone groups is 1. The summed E-state index contributed by atoms with van der Waals surface area (Å²) in [4.78, 5) is 13.6. The van der Waals surface area contributed by atoms with E-state index in [1.807, 2.05) is 0 Å². The minimum atomic E-state index is -3.49. The van der Waals surface area contributed by atoms with Crippen LogP contribution in [0.3, 0.4) is 0 Å². The molecule has 0 spiro atoms. The Balaban J connectivity index is 3.19. The van der Waals surface area contributed by atoms with Gasteiger partial charge in [-0.3, -0.25) is 9.79 Å². The maximum Gasteiger partial charge on any atom is 0.261 e. The lowest BCUT2D eigenvalue weighted by molar-refractivity contribution is -0.113. The molecule has 0 saturated carbocycles. The molecule has 0 bridgehead atoms. The molecule has 0 radical (unpaired) electrons. The van der Waals surface area contributed by atoms with Crippen LogP contribution in [-0.2, 0) is 14.6 Å². The summed E-state index contributed by atoms with van der Waals surface area (Å²) in [7, 11) is -3.49. The third-order valence-corrected chi connectivity index (χ3v) is 2.73. The molecule has 60 valence electrons. The molecule has 1 aliphatic rings. The van der Waals surface area contributed by atoms with Crippen molar-refractivity contribution in [1.82, 2.24) is 0 Å². The number of primary amides is 1. The number of hydrogen-bond donors (Lipinski definition) is 1. The fraction of sp³-hybridized carbons (Fsp3) is 0.200. The second-order valence-corrected chi connectivity index (χ2v) is 3.97. The van der Waals surface area contributed by atoms with Gasteiger partial charge in [-0.15, -0.1) is 0 Å². The highest BCUT2D eigenvalue weighted by Gasteiger charge is 2.23. The van der Waals surface area contributed by atoms with Gasteiger partial charge in [0.15, 0.2) is 9.84 Å². The molecule has 1 amide bonds. The van der Waals surface area contributed by atoms with Crippen LogP contribution >= 0.6 is 0 Å².